The molecule has 2 heterocycles. The van der Waals surface area contributed by atoms with Crippen molar-refractivity contribution in [3.05, 3.63) is 48.2 Å². The van der Waals surface area contributed by atoms with Crippen LogP contribution in [0.3, 0.4) is 0 Å². The molecule has 3 rings (SSSR count). The average Bonchev–Trinajstić information content (AvgIpc) is 3.27. The van der Waals surface area contributed by atoms with Crippen molar-refractivity contribution in [3.8, 4) is 11.8 Å². The van der Waals surface area contributed by atoms with Crippen LogP contribution in [0.25, 0.3) is 0 Å². The second-order valence-corrected chi connectivity index (χ2v) is 9.33. The van der Waals surface area contributed by atoms with Crippen LogP contribution in [0, 0.1) is 11.3 Å². The lowest BCUT2D eigenvalue weighted by molar-refractivity contribution is 0.126. The average molecular weight is 420 g/mol. The number of nitrogens with zero attached hydrogens (tertiary/aromatic N) is 3. The molecule has 1 aromatic heterocycles. The number of rotatable bonds is 8. The zero-order valence-electron chi connectivity index (χ0n) is 15.2. The molecule has 9 heteroatoms. The van der Waals surface area contributed by atoms with Gasteiger partial charge in [0.1, 0.15) is 17.3 Å². The highest BCUT2D eigenvalue weighted by atomic mass is 32.2. The van der Waals surface area contributed by atoms with E-state index in [4.69, 9.17) is 10.00 Å². The fourth-order valence-electron chi connectivity index (χ4n) is 2.73. The molecule has 1 aliphatic heterocycles. The molecule has 0 amide bonds. The molecule has 0 aliphatic carbocycles. The SMILES string of the molecule is N#Cc1ccc(OCC(O)CSc2ccc(S(=O)(=O)N3CCCC3)cn2)cc1. The van der Waals surface area contributed by atoms with E-state index in [1.54, 1.807) is 36.4 Å². The fraction of sp³-hybridized carbons (Fsp3) is 0.368. The van der Waals surface area contributed by atoms with Gasteiger partial charge in [-0.25, -0.2) is 13.4 Å². The van der Waals surface area contributed by atoms with Gasteiger partial charge in [0.05, 0.1) is 22.8 Å². The summed E-state index contributed by atoms with van der Waals surface area (Å²) in [5.41, 5.74) is 0.546. The second kappa shape index (κ2) is 9.39. The minimum atomic E-state index is -3.46. The minimum absolute atomic E-state index is 0.111. The molecule has 1 fully saturated rings. The lowest BCUT2D eigenvalue weighted by Gasteiger charge is -2.15. The molecule has 28 heavy (non-hydrogen) atoms. The maximum atomic E-state index is 12.5. The fourth-order valence-corrected chi connectivity index (χ4v) is 4.94. The van der Waals surface area contributed by atoms with Gasteiger partial charge in [-0.05, 0) is 49.2 Å². The molecular formula is C19H21N3O4S2. The monoisotopic (exact) mass is 419 g/mol. The van der Waals surface area contributed by atoms with Crippen LogP contribution in [0.1, 0.15) is 18.4 Å². The number of nitriles is 1. The molecule has 0 spiro atoms. The van der Waals surface area contributed by atoms with Crippen molar-refractivity contribution in [1.29, 1.82) is 5.26 Å². The van der Waals surface area contributed by atoms with Gasteiger partial charge in [0.25, 0.3) is 0 Å². The third-order valence-electron chi connectivity index (χ3n) is 4.26. The van der Waals surface area contributed by atoms with Gasteiger partial charge in [-0.2, -0.15) is 9.57 Å². The molecule has 1 aliphatic rings. The summed E-state index contributed by atoms with van der Waals surface area (Å²) < 4.78 is 31.9. The molecule has 0 bridgehead atoms. The first-order valence-electron chi connectivity index (χ1n) is 8.89. The molecule has 1 N–H and O–H groups in total. The number of hydrogen-bond acceptors (Lipinski definition) is 7. The lowest BCUT2D eigenvalue weighted by Crippen LogP contribution is -2.27. The normalized spacial score (nSPS) is 15.9. The van der Waals surface area contributed by atoms with E-state index in [2.05, 4.69) is 4.98 Å². The first-order chi connectivity index (χ1) is 13.5. The van der Waals surface area contributed by atoms with Crippen LogP contribution in [0.2, 0.25) is 0 Å². The van der Waals surface area contributed by atoms with E-state index < -0.39 is 16.1 Å². The Morgan fingerprint density at radius 3 is 2.54 bits per heavy atom. The Morgan fingerprint density at radius 1 is 1.21 bits per heavy atom. The van der Waals surface area contributed by atoms with E-state index in [0.29, 0.717) is 35.2 Å². The highest BCUT2D eigenvalue weighted by Gasteiger charge is 2.27. The lowest BCUT2D eigenvalue weighted by atomic mass is 10.2. The molecular weight excluding hydrogens is 398 g/mol. The zero-order chi connectivity index (χ0) is 20.0. The summed E-state index contributed by atoms with van der Waals surface area (Å²) in [6.45, 7) is 1.23. The van der Waals surface area contributed by atoms with E-state index >= 15 is 0 Å². The van der Waals surface area contributed by atoms with Crippen molar-refractivity contribution < 1.29 is 18.3 Å². The van der Waals surface area contributed by atoms with Crippen molar-refractivity contribution >= 4 is 21.8 Å². The molecule has 0 saturated carbocycles. The van der Waals surface area contributed by atoms with E-state index in [0.717, 1.165) is 12.8 Å². The molecule has 1 atom stereocenters. The Morgan fingerprint density at radius 2 is 1.93 bits per heavy atom. The summed E-state index contributed by atoms with van der Waals surface area (Å²) in [6.07, 6.45) is 2.44. The highest BCUT2D eigenvalue weighted by Crippen LogP contribution is 2.23. The third-order valence-corrected chi connectivity index (χ3v) is 7.23. The molecule has 7 nitrogen and oxygen atoms in total. The van der Waals surface area contributed by atoms with E-state index in [1.165, 1.54) is 22.3 Å². The third kappa shape index (κ3) is 5.23. The molecule has 2 aromatic rings. The number of sulfonamides is 1. The van der Waals surface area contributed by atoms with Crippen molar-refractivity contribution in [2.45, 2.75) is 28.9 Å². The number of ether oxygens (including phenoxy) is 1. The number of benzene rings is 1. The molecule has 1 saturated heterocycles. The van der Waals surface area contributed by atoms with Crippen molar-refractivity contribution in [3.63, 3.8) is 0 Å². The first kappa shape index (κ1) is 20.6. The Kier molecular flexibility index (Phi) is 6.91. The van der Waals surface area contributed by atoms with Crippen molar-refractivity contribution in [2.24, 2.45) is 0 Å². The van der Waals surface area contributed by atoms with Crippen LogP contribution in [0.15, 0.2) is 52.5 Å². The van der Waals surface area contributed by atoms with Gasteiger partial charge in [0.2, 0.25) is 10.0 Å². The largest absolute Gasteiger partial charge is 0.491 e. The number of aromatic nitrogens is 1. The van der Waals surface area contributed by atoms with Crippen LogP contribution < -0.4 is 4.74 Å². The quantitative estimate of drug-likeness (QED) is 0.655. The molecule has 0 radical (unpaired) electrons. The van der Waals surface area contributed by atoms with E-state index in [9.17, 15) is 13.5 Å². The second-order valence-electron chi connectivity index (χ2n) is 6.36. The smallest absolute Gasteiger partial charge is 0.244 e. The van der Waals surface area contributed by atoms with Gasteiger partial charge in [0, 0.05) is 25.0 Å². The van der Waals surface area contributed by atoms with Crippen LogP contribution in [-0.2, 0) is 10.0 Å². The maximum Gasteiger partial charge on any atom is 0.244 e. The molecule has 148 valence electrons. The minimum Gasteiger partial charge on any atom is -0.491 e. The van der Waals surface area contributed by atoms with Gasteiger partial charge in [-0.15, -0.1) is 11.8 Å². The Labute approximate surface area is 169 Å². The van der Waals surface area contributed by atoms with Crippen molar-refractivity contribution in [1.82, 2.24) is 9.29 Å². The maximum absolute atomic E-state index is 12.5. The molecule has 1 aromatic carbocycles. The summed E-state index contributed by atoms with van der Waals surface area (Å²) >= 11 is 1.33. The van der Waals surface area contributed by atoms with Gasteiger partial charge in [-0.1, -0.05) is 0 Å². The molecule has 1 unspecified atom stereocenters. The first-order valence-corrected chi connectivity index (χ1v) is 11.3. The van der Waals surface area contributed by atoms with Crippen LogP contribution in [-0.4, -0.2) is 54.4 Å². The number of aliphatic hydroxyl groups is 1. The van der Waals surface area contributed by atoms with Crippen LogP contribution >= 0.6 is 11.8 Å². The number of hydrogen-bond donors (Lipinski definition) is 1. The highest BCUT2D eigenvalue weighted by molar-refractivity contribution is 7.99. The number of aliphatic hydroxyl groups excluding tert-OH is 1. The Hall–Kier alpha value is -2.12. The predicted octanol–water partition coefficient (Wildman–Crippen LogP) is 2.27. The van der Waals surface area contributed by atoms with E-state index in [-0.39, 0.29) is 11.5 Å². The van der Waals surface area contributed by atoms with Gasteiger partial charge >= 0.3 is 0 Å². The zero-order valence-corrected chi connectivity index (χ0v) is 16.8. The summed E-state index contributed by atoms with van der Waals surface area (Å²) in [6, 6.07) is 11.9. The summed E-state index contributed by atoms with van der Waals surface area (Å²) in [7, 11) is -3.46. The number of thioether (sulfide) groups is 1. The Bertz CT molecular complexity index is 919. The van der Waals surface area contributed by atoms with Crippen LogP contribution in [0.4, 0.5) is 0 Å². The standard InChI is InChI=1S/C19H21N3O4S2/c20-11-15-3-5-17(6-4-15)26-13-16(23)14-27-19-8-7-18(12-21-19)28(24,25)22-9-1-2-10-22/h3-8,12,16,23H,1-2,9-10,13-14H2. The van der Waals surface area contributed by atoms with Gasteiger partial charge in [0.15, 0.2) is 0 Å². The topological polar surface area (TPSA) is 104 Å². The van der Waals surface area contributed by atoms with Gasteiger partial charge < -0.3 is 9.84 Å². The van der Waals surface area contributed by atoms with Crippen molar-refractivity contribution in [2.75, 3.05) is 25.4 Å². The predicted molar refractivity (Wildman–Crippen MR) is 106 cm³/mol. The summed E-state index contributed by atoms with van der Waals surface area (Å²) in [5, 5.41) is 19.5. The van der Waals surface area contributed by atoms with Crippen LogP contribution in [0.5, 0.6) is 5.75 Å². The summed E-state index contributed by atoms with van der Waals surface area (Å²) in [4.78, 5) is 4.40. The Balaban J connectivity index is 1.48. The summed E-state index contributed by atoms with van der Waals surface area (Å²) in [5.74, 6) is 0.944. The van der Waals surface area contributed by atoms with Gasteiger partial charge in [-0.3, -0.25) is 0 Å². The number of pyridine rings is 1. The van der Waals surface area contributed by atoms with E-state index in [1.807, 2.05) is 6.07 Å².